The van der Waals surface area contributed by atoms with Crippen molar-refractivity contribution < 1.29 is 9.21 Å². The van der Waals surface area contributed by atoms with Gasteiger partial charge in [0, 0.05) is 5.56 Å². The Balaban J connectivity index is 1.58. The number of rotatable bonds is 5. The van der Waals surface area contributed by atoms with Gasteiger partial charge in [-0.15, -0.1) is 0 Å². The van der Waals surface area contributed by atoms with Crippen LogP contribution in [-0.2, 0) is 13.1 Å². The average Bonchev–Trinajstić information content (AvgIpc) is 3.25. The van der Waals surface area contributed by atoms with Gasteiger partial charge in [0.2, 0.25) is 0 Å². The lowest BCUT2D eigenvalue weighted by Gasteiger charge is -2.13. The van der Waals surface area contributed by atoms with Crippen LogP contribution in [0, 0.1) is 20.8 Å². The fraction of sp³-hybridized carbons (Fsp3) is 0.208. The SMILES string of the molecule is Cc1cc2nc(C)c(=O)n(Cc3ccc(C(=O)NCc4ccco4)cc3)c2cc1C. The van der Waals surface area contributed by atoms with Crippen molar-refractivity contribution in [3.63, 3.8) is 0 Å². The second kappa shape index (κ2) is 7.99. The zero-order valence-electron chi connectivity index (χ0n) is 17.2. The molecule has 6 nitrogen and oxygen atoms in total. The van der Waals surface area contributed by atoms with Crippen LogP contribution >= 0.6 is 0 Å². The van der Waals surface area contributed by atoms with E-state index in [1.165, 1.54) is 0 Å². The number of aromatic nitrogens is 2. The summed E-state index contributed by atoms with van der Waals surface area (Å²) in [6, 6.07) is 14.9. The van der Waals surface area contributed by atoms with E-state index >= 15 is 0 Å². The number of hydrogen-bond acceptors (Lipinski definition) is 4. The molecular weight excluding hydrogens is 378 g/mol. The largest absolute Gasteiger partial charge is 0.467 e. The molecule has 1 amide bonds. The normalized spacial score (nSPS) is 11.0. The molecule has 30 heavy (non-hydrogen) atoms. The van der Waals surface area contributed by atoms with Crippen LogP contribution in [0.4, 0.5) is 0 Å². The summed E-state index contributed by atoms with van der Waals surface area (Å²) in [6.45, 7) is 6.55. The van der Waals surface area contributed by atoms with Crippen LogP contribution in [0.3, 0.4) is 0 Å². The minimum Gasteiger partial charge on any atom is -0.467 e. The van der Waals surface area contributed by atoms with E-state index in [1.54, 1.807) is 36.0 Å². The van der Waals surface area contributed by atoms with Crippen LogP contribution in [0.2, 0.25) is 0 Å². The Hall–Kier alpha value is -3.67. The Labute approximate surface area is 174 Å². The van der Waals surface area contributed by atoms with Crippen molar-refractivity contribution >= 4 is 16.9 Å². The standard InChI is InChI=1S/C24H23N3O3/c1-15-11-21-22(12-16(15)2)27(24(29)17(3)26-21)14-18-6-8-19(9-7-18)23(28)25-13-20-5-4-10-30-20/h4-12H,13-14H2,1-3H3,(H,25,28). The van der Waals surface area contributed by atoms with Gasteiger partial charge in [-0.1, -0.05) is 12.1 Å². The molecule has 152 valence electrons. The molecule has 2 aromatic heterocycles. The molecule has 0 aliphatic carbocycles. The Morgan fingerprint density at radius 1 is 1.07 bits per heavy atom. The molecule has 1 N–H and O–H groups in total. The van der Waals surface area contributed by atoms with Crippen molar-refractivity contribution in [2.75, 3.05) is 0 Å². The highest BCUT2D eigenvalue weighted by Gasteiger charge is 2.11. The van der Waals surface area contributed by atoms with E-state index in [0.29, 0.717) is 30.1 Å². The highest BCUT2D eigenvalue weighted by molar-refractivity contribution is 5.94. The van der Waals surface area contributed by atoms with Crippen LogP contribution in [-0.4, -0.2) is 15.5 Å². The zero-order chi connectivity index (χ0) is 21.3. The summed E-state index contributed by atoms with van der Waals surface area (Å²) < 4.78 is 6.97. The summed E-state index contributed by atoms with van der Waals surface area (Å²) in [4.78, 5) is 29.6. The zero-order valence-corrected chi connectivity index (χ0v) is 17.2. The summed E-state index contributed by atoms with van der Waals surface area (Å²) in [7, 11) is 0. The van der Waals surface area contributed by atoms with E-state index < -0.39 is 0 Å². The Morgan fingerprint density at radius 2 is 1.80 bits per heavy atom. The van der Waals surface area contributed by atoms with Gasteiger partial charge in [0.15, 0.2) is 0 Å². The number of fused-ring (bicyclic) bond motifs is 1. The average molecular weight is 401 g/mol. The van der Waals surface area contributed by atoms with Gasteiger partial charge in [0.05, 0.1) is 30.4 Å². The molecule has 0 saturated heterocycles. The highest BCUT2D eigenvalue weighted by atomic mass is 16.3. The summed E-state index contributed by atoms with van der Waals surface area (Å²) in [5, 5.41) is 2.83. The molecule has 0 saturated carbocycles. The first-order chi connectivity index (χ1) is 14.4. The number of nitrogens with one attached hydrogen (secondary N) is 1. The maximum atomic E-state index is 12.8. The molecule has 4 rings (SSSR count). The predicted octanol–water partition coefficient (Wildman–Crippen LogP) is 3.89. The van der Waals surface area contributed by atoms with Crippen molar-refractivity contribution in [3.05, 3.63) is 98.9 Å². The first kappa shape index (κ1) is 19.6. The van der Waals surface area contributed by atoms with Gasteiger partial charge < -0.3 is 14.3 Å². The van der Waals surface area contributed by atoms with Crippen molar-refractivity contribution in [3.8, 4) is 0 Å². The first-order valence-corrected chi connectivity index (χ1v) is 9.80. The molecule has 6 heteroatoms. The summed E-state index contributed by atoms with van der Waals surface area (Å²) in [5.41, 5.74) is 5.74. The Kier molecular flexibility index (Phi) is 5.23. The van der Waals surface area contributed by atoms with Gasteiger partial charge >= 0.3 is 0 Å². The van der Waals surface area contributed by atoms with Gasteiger partial charge in [-0.3, -0.25) is 9.59 Å². The molecule has 0 atom stereocenters. The molecule has 2 aromatic carbocycles. The van der Waals surface area contributed by atoms with Crippen LogP contribution in [0.1, 0.15) is 38.5 Å². The van der Waals surface area contributed by atoms with E-state index in [9.17, 15) is 9.59 Å². The molecule has 2 heterocycles. The minimum absolute atomic E-state index is 0.106. The number of carbonyl (C=O) groups is 1. The van der Waals surface area contributed by atoms with E-state index in [-0.39, 0.29) is 11.5 Å². The second-order valence-corrected chi connectivity index (χ2v) is 7.47. The number of aryl methyl sites for hydroxylation is 3. The number of amides is 1. The molecule has 0 radical (unpaired) electrons. The third kappa shape index (κ3) is 3.89. The van der Waals surface area contributed by atoms with Gasteiger partial charge in [-0.05, 0) is 73.9 Å². The van der Waals surface area contributed by atoms with Crippen LogP contribution in [0.15, 0.2) is 64.0 Å². The molecule has 0 aliphatic rings. The lowest BCUT2D eigenvalue weighted by atomic mass is 10.1. The van der Waals surface area contributed by atoms with Crippen LogP contribution in [0.25, 0.3) is 11.0 Å². The van der Waals surface area contributed by atoms with Crippen molar-refractivity contribution in [1.82, 2.24) is 14.9 Å². The predicted molar refractivity (Wildman–Crippen MR) is 116 cm³/mol. The van der Waals surface area contributed by atoms with Gasteiger partial charge in [-0.25, -0.2) is 4.98 Å². The number of furan rings is 1. The smallest absolute Gasteiger partial charge is 0.272 e. The topological polar surface area (TPSA) is 77.1 Å². The first-order valence-electron chi connectivity index (χ1n) is 9.80. The molecular formula is C24H23N3O3. The highest BCUT2D eigenvalue weighted by Crippen LogP contribution is 2.18. The Morgan fingerprint density at radius 3 is 2.50 bits per heavy atom. The van der Waals surface area contributed by atoms with Gasteiger partial charge in [-0.2, -0.15) is 0 Å². The van der Waals surface area contributed by atoms with Crippen LogP contribution in [0.5, 0.6) is 0 Å². The van der Waals surface area contributed by atoms with E-state index in [1.807, 2.05) is 44.2 Å². The van der Waals surface area contributed by atoms with E-state index in [4.69, 9.17) is 4.42 Å². The minimum atomic E-state index is -0.175. The Bertz CT molecular complexity index is 1270. The maximum absolute atomic E-state index is 12.8. The molecule has 0 fully saturated rings. The van der Waals surface area contributed by atoms with E-state index in [2.05, 4.69) is 10.3 Å². The van der Waals surface area contributed by atoms with E-state index in [0.717, 1.165) is 27.7 Å². The third-order valence-corrected chi connectivity index (χ3v) is 5.28. The van der Waals surface area contributed by atoms with Gasteiger partial charge in [0.25, 0.3) is 11.5 Å². The molecule has 0 aliphatic heterocycles. The number of nitrogens with zero attached hydrogens (tertiary/aromatic N) is 2. The monoisotopic (exact) mass is 401 g/mol. The molecule has 0 unspecified atom stereocenters. The van der Waals surface area contributed by atoms with Crippen LogP contribution < -0.4 is 10.9 Å². The molecule has 4 aromatic rings. The lowest BCUT2D eigenvalue weighted by Crippen LogP contribution is -2.25. The maximum Gasteiger partial charge on any atom is 0.272 e. The quantitative estimate of drug-likeness (QED) is 0.550. The van der Waals surface area contributed by atoms with Crippen molar-refractivity contribution in [1.29, 1.82) is 0 Å². The second-order valence-electron chi connectivity index (χ2n) is 7.47. The summed E-state index contributed by atoms with van der Waals surface area (Å²) in [5.74, 6) is 0.524. The summed E-state index contributed by atoms with van der Waals surface area (Å²) in [6.07, 6.45) is 1.57. The summed E-state index contributed by atoms with van der Waals surface area (Å²) >= 11 is 0. The number of benzene rings is 2. The van der Waals surface area contributed by atoms with Gasteiger partial charge in [0.1, 0.15) is 11.5 Å². The van der Waals surface area contributed by atoms with Crippen molar-refractivity contribution in [2.45, 2.75) is 33.9 Å². The fourth-order valence-corrected chi connectivity index (χ4v) is 3.41. The number of carbonyl (C=O) groups excluding carboxylic acids is 1. The molecule has 0 bridgehead atoms. The third-order valence-electron chi connectivity index (χ3n) is 5.28. The lowest BCUT2D eigenvalue weighted by molar-refractivity contribution is 0.0948. The molecule has 0 spiro atoms. The fourth-order valence-electron chi connectivity index (χ4n) is 3.41. The number of hydrogen-bond donors (Lipinski definition) is 1. The van der Waals surface area contributed by atoms with Crippen molar-refractivity contribution in [2.24, 2.45) is 0 Å².